The number of fused-ring (bicyclic) bond motifs is 1. The molecule has 4 rings (SSSR count). The third kappa shape index (κ3) is 3.61. The molecule has 7 heteroatoms. The van der Waals surface area contributed by atoms with Crippen molar-refractivity contribution in [1.29, 1.82) is 0 Å². The zero-order valence-electron chi connectivity index (χ0n) is 16.5. The first kappa shape index (κ1) is 19.5. The summed E-state index contributed by atoms with van der Waals surface area (Å²) < 4.78 is 5.14. The molecule has 3 fully saturated rings. The van der Waals surface area contributed by atoms with Crippen molar-refractivity contribution in [2.24, 2.45) is 5.92 Å². The molecule has 0 spiro atoms. The Morgan fingerprint density at radius 2 is 1.86 bits per heavy atom. The molecule has 0 aromatic heterocycles. The molecule has 1 aromatic carbocycles. The summed E-state index contributed by atoms with van der Waals surface area (Å²) in [5.74, 6) is 0.139. The summed E-state index contributed by atoms with van der Waals surface area (Å²) in [5.41, 5.74) is 0.371. The quantitative estimate of drug-likeness (QED) is 0.788. The van der Waals surface area contributed by atoms with Crippen LogP contribution in [0.2, 0.25) is 0 Å². The fraction of sp³-hybridized carbons (Fsp3) is 0.500. The van der Waals surface area contributed by atoms with E-state index in [1.54, 1.807) is 4.90 Å². The van der Waals surface area contributed by atoms with E-state index < -0.39 is 5.41 Å². The Hall–Kier alpha value is -2.83. The second-order valence-corrected chi connectivity index (χ2v) is 8.13. The maximum atomic E-state index is 13.8. The summed E-state index contributed by atoms with van der Waals surface area (Å²) in [6.45, 7) is 6.18. The number of nitrogens with one attached hydrogen (secondary N) is 1. The molecule has 2 atom stereocenters. The van der Waals surface area contributed by atoms with Crippen LogP contribution in [-0.2, 0) is 19.7 Å². The molecule has 3 saturated heterocycles. The lowest BCUT2D eigenvalue weighted by Crippen LogP contribution is -2.61. The van der Waals surface area contributed by atoms with E-state index in [2.05, 4.69) is 11.9 Å². The molecule has 1 aromatic rings. The van der Waals surface area contributed by atoms with E-state index in [0.29, 0.717) is 45.6 Å². The normalized spacial score (nSPS) is 26.0. The van der Waals surface area contributed by atoms with Gasteiger partial charge in [0.1, 0.15) is 0 Å². The number of cyclic esters (lactones) is 1. The van der Waals surface area contributed by atoms with Crippen LogP contribution in [0.3, 0.4) is 0 Å². The van der Waals surface area contributed by atoms with Crippen molar-refractivity contribution in [3.63, 3.8) is 0 Å². The number of hydrogen-bond donors (Lipinski definition) is 1. The number of benzene rings is 1. The summed E-state index contributed by atoms with van der Waals surface area (Å²) in [6.07, 6.45) is 2.88. The molecule has 3 heterocycles. The predicted molar refractivity (Wildman–Crippen MR) is 107 cm³/mol. The van der Waals surface area contributed by atoms with Gasteiger partial charge in [-0.3, -0.25) is 9.59 Å². The van der Waals surface area contributed by atoms with Crippen LogP contribution in [0.5, 0.6) is 0 Å². The zero-order chi connectivity index (χ0) is 20.4. The van der Waals surface area contributed by atoms with Crippen LogP contribution in [0.25, 0.3) is 0 Å². The van der Waals surface area contributed by atoms with Gasteiger partial charge in [-0.1, -0.05) is 36.9 Å². The molecular formula is C22H27N3O4. The van der Waals surface area contributed by atoms with E-state index in [0.717, 1.165) is 12.0 Å². The Balaban J connectivity index is 1.56. The molecule has 0 bridgehead atoms. The Morgan fingerprint density at radius 1 is 1.14 bits per heavy atom. The van der Waals surface area contributed by atoms with E-state index in [-0.39, 0.29) is 29.9 Å². The maximum absolute atomic E-state index is 13.8. The minimum Gasteiger partial charge on any atom is -0.449 e. The fourth-order valence-electron chi connectivity index (χ4n) is 4.88. The number of alkyl carbamates (subject to hydrolysis) is 1. The smallest absolute Gasteiger partial charge is 0.407 e. The molecule has 0 saturated carbocycles. The Labute approximate surface area is 170 Å². The highest BCUT2D eigenvalue weighted by Crippen LogP contribution is 2.38. The molecular weight excluding hydrogens is 370 g/mol. The second kappa shape index (κ2) is 7.89. The Kier molecular flexibility index (Phi) is 5.30. The standard InChI is InChI=1S/C22H27N3O4/c1-2-19(26)24-12-9-22(10-13-24,17-6-4-3-5-7-17)20(27)25-11-8-18-16(14-25)15-29-21(28)23-18/h2-7,16,18H,1,8-15H2,(H,23,28)/t16-,18+/m1/s1. The van der Waals surface area contributed by atoms with Crippen molar-refractivity contribution in [2.45, 2.75) is 30.7 Å². The summed E-state index contributed by atoms with van der Waals surface area (Å²) >= 11 is 0. The van der Waals surface area contributed by atoms with E-state index in [9.17, 15) is 14.4 Å². The SMILES string of the molecule is C=CC(=O)N1CCC(C(=O)N2CC[C@@H]3NC(=O)OC[C@H]3C2)(c2ccccc2)CC1. The van der Waals surface area contributed by atoms with Gasteiger partial charge in [-0.25, -0.2) is 4.79 Å². The first-order chi connectivity index (χ1) is 14.0. The molecule has 154 valence electrons. The first-order valence-electron chi connectivity index (χ1n) is 10.2. The van der Waals surface area contributed by atoms with Gasteiger partial charge in [0.25, 0.3) is 0 Å². The Morgan fingerprint density at radius 3 is 2.55 bits per heavy atom. The second-order valence-electron chi connectivity index (χ2n) is 8.13. The third-order valence-electron chi connectivity index (χ3n) is 6.59. The monoisotopic (exact) mass is 397 g/mol. The van der Waals surface area contributed by atoms with Gasteiger partial charge in [0, 0.05) is 38.1 Å². The van der Waals surface area contributed by atoms with Crippen LogP contribution >= 0.6 is 0 Å². The first-order valence-corrected chi connectivity index (χ1v) is 10.2. The van der Waals surface area contributed by atoms with E-state index in [4.69, 9.17) is 4.74 Å². The molecule has 3 aliphatic rings. The van der Waals surface area contributed by atoms with Gasteiger partial charge < -0.3 is 19.9 Å². The summed E-state index contributed by atoms with van der Waals surface area (Å²) in [7, 11) is 0. The number of nitrogens with zero attached hydrogens (tertiary/aromatic N) is 2. The zero-order valence-corrected chi connectivity index (χ0v) is 16.5. The maximum Gasteiger partial charge on any atom is 0.407 e. The van der Waals surface area contributed by atoms with Crippen LogP contribution in [0, 0.1) is 5.92 Å². The van der Waals surface area contributed by atoms with Gasteiger partial charge in [0.05, 0.1) is 12.0 Å². The average molecular weight is 397 g/mol. The largest absolute Gasteiger partial charge is 0.449 e. The van der Waals surface area contributed by atoms with Crippen LogP contribution in [0.1, 0.15) is 24.8 Å². The van der Waals surface area contributed by atoms with E-state index in [1.807, 2.05) is 35.2 Å². The summed E-state index contributed by atoms with van der Waals surface area (Å²) in [6, 6.07) is 9.97. The van der Waals surface area contributed by atoms with Crippen LogP contribution in [-0.4, -0.2) is 66.5 Å². The van der Waals surface area contributed by atoms with Crippen molar-refractivity contribution < 1.29 is 19.1 Å². The predicted octanol–water partition coefficient (Wildman–Crippen LogP) is 1.69. The highest BCUT2D eigenvalue weighted by atomic mass is 16.6. The van der Waals surface area contributed by atoms with Gasteiger partial charge in [-0.05, 0) is 30.9 Å². The van der Waals surface area contributed by atoms with Gasteiger partial charge in [0.2, 0.25) is 11.8 Å². The van der Waals surface area contributed by atoms with Crippen LogP contribution in [0.15, 0.2) is 43.0 Å². The van der Waals surface area contributed by atoms with Crippen LogP contribution in [0.4, 0.5) is 4.79 Å². The number of amides is 3. The van der Waals surface area contributed by atoms with E-state index in [1.165, 1.54) is 6.08 Å². The number of carbonyl (C=O) groups excluding carboxylic acids is 3. The summed E-state index contributed by atoms with van der Waals surface area (Å²) in [4.78, 5) is 41.0. The number of hydrogen-bond acceptors (Lipinski definition) is 4. The molecule has 1 N–H and O–H groups in total. The number of rotatable bonds is 3. The Bertz CT molecular complexity index is 802. The average Bonchev–Trinajstić information content (AvgIpc) is 2.78. The number of ether oxygens (including phenoxy) is 1. The minimum absolute atomic E-state index is 0.0695. The number of piperidine rings is 2. The molecule has 0 aliphatic carbocycles. The molecule has 7 nitrogen and oxygen atoms in total. The van der Waals surface area contributed by atoms with Gasteiger partial charge in [-0.15, -0.1) is 0 Å². The van der Waals surface area contributed by atoms with Gasteiger partial charge in [0.15, 0.2) is 0 Å². The highest BCUT2D eigenvalue weighted by Gasteiger charge is 2.47. The third-order valence-corrected chi connectivity index (χ3v) is 6.59. The van der Waals surface area contributed by atoms with E-state index >= 15 is 0 Å². The lowest BCUT2D eigenvalue weighted by molar-refractivity contribution is -0.144. The summed E-state index contributed by atoms with van der Waals surface area (Å²) in [5, 5.41) is 2.87. The number of carbonyl (C=O) groups is 3. The molecule has 3 amide bonds. The lowest BCUT2D eigenvalue weighted by atomic mass is 9.71. The molecule has 3 aliphatic heterocycles. The van der Waals surface area contributed by atoms with Crippen molar-refractivity contribution in [3.8, 4) is 0 Å². The molecule has 29 heavy (non-hydrogen) atoms. The number of likely N-dealkylation sites (tertiary alicyclic amines) is 2. The van der Waals surface area contributed by atoms with Crippen molar-refractivity contribution in [1.82, 2.24) is 15.1 Å². The molecule has 0 unspecified atom stereocenters. The van der Waals surface area contributed by atoms with Gasteiger partial charge in [-0.2, -0.15) is 0 Å². The van der Waals surface area contributed by atoms with Crippen molar-refractivity contribution in [3.05, 3.63) is 48.6 Å². The van der Waals surface area contributed by atoms with Crippen molar-refractivity contribution in [2.75, 3.05) is 32.8 Å². The van der Waals surface area contributed by atoms with Crippen LogP contribution < -0.4 is 5.32 Å². The lowest BCUT2D eigenvalue weighted by Gasteiger charge is -2.47. The van der Waals surface area contributed by atoms with Crippen molar-refractivity contribution >= 4 is 17.9 Å². The topological polar surface area (TPSA) is 79.0 Å². The minimum atomic E-state index is -0.634. The highest BCUT2D eigenvalue weighted by molar-refractivity contribution is 5.90. The van der Waals surface area contributed by atoms with Gasteiger partial charge >= 0.3 is 6.09 Å². The molecule has 0 radical (unpaired) electrons. The fourth-order valence-corrected chi connectivity index (χ4v) is 4.88.